The number of nitrogens with zero attached hydrogens (tertiary/aromatic N) is 2. The molecular weight excluding hydrogens is 392 g/mol. The minimum absolute atomic E-state index is 0.537. The highest BCUT2D eigenvalue weighted by Gasteiger charge is 2.22. The number of benzene rings is 1. The fourth-order valence-corrected chi connectivity index (χ4v) is 3.25. The van der Waals surface area contributed by atoms with Gasteiger partial charge in [0.2, 0.25) is 0 Å². The van der Waals surface area contributed by atoms with Gasteiger partial charge in [0.15, 0.2) is 0 Å². The summed E-state index contributed by atoms with van der Waals surface area (Å²) in [7, 11) is 0. The topological polar surface area (TPSA) is 60.9 Å². The van der Waals surface area contributed by atoms with Crippen LogP contribution in [0.25, 0.3) is 5.57 Å². The van der Waals surface area contributed by atoms with Gasteiger partial charge in [0.1, 0.15) is 5.60 Å². The smallest absolute Gasteiger partial charge is 0.427 e. The third kappa shape index (κ3) is 8.15. The lowest BCUT2D eigenvalue weighted by atomic mass is 10.0. The van der Waals surface area contributed by atoms with Crippen molar-refractivity contribution >= 4 is 11.7 Å². The number of carbonyl (C=O) groups excluding carboxylic acids is 1. The first-order valence-electron chi connectivity index (χ1n) is 10.8. The van der Waals surface area contributed by atoms with E-state index in [1.807, 2.05) is 45.2 Å². The van der Waals surface area contributed by atoms with Crippen molar-refractivity contribution in [2.75, 3.05) is 19.7 Å². The van der Waals surface area contributed by atoms with Crippen molar-refractivity contribution in [1.82, 2.24) is 10.0 Å². The van der Waals surface area contributed by atoms with E-state index in [-0.39, 0.29) is 0 Å². The van der Waals surface area contributed by atoms with E-state index in [0.29, 0.717) is 19.7 Å². The van der Waals surface area contributed by atoms with E-state index in [1.54, 1.807) is 5.06 Å². The predicted molar refractivity (Wildman–Crippen MR) is 120 cm³/mol. The maximum absolute atomic E-state index is 11.8. The SMILES string of the molecule is CC(C)(C)OC(=O)ON1CC=C(c2ccc(CCCOCc3ccccc3)nc2)CC1. The number of pyridine rings is 1. The zero-order chi connectivity index (χ0) is 22.1. The molecule has 1 aromatic heterocycles. The van der Waals surface area contributed by atoms with E-state index in [2.05, 4.69) is 35.3 Å². The molecule has 2 heterocycles. The number of rotatable bonds is 8. The number of aryl methyl sites for hydroxylation is 1. The van der Waals surface area contributed by atoms with Gasteiger partial charge < -0.3 is 14.3 Å². The average molecular weight is 425 g/mol. The van der Waals surface area contributed by atoms with Crippen LogP contribution in [-0.4, -0.2) is 41.5 Å². The number of hydroxylamine groups is 2. The summed E-state index contributed by atoms with van der Waals surface area (Å²) in [5, 5.41) is 1.62. The molecule has 0 radical (unpaired) electrons. The fraction of sp³-hybridized carbons (Fsp3) is 0.440. The van der Waals surface area contributed by atoms with Crippen molar-refractivity contribution in [3.63, 3.8) is 0 Å². The molecule has 0 aliphatic carbocycles. The molecule has 2 aromatic rings. The van der Waals surface area contributed by atoms with Crippen molar-refractivity contribution in [1.29, 1.82) is 0 Å². The van der Waals surface area contributed by atoms with Gasteiger partial charge in [-0.05, 0) is 62.8 Å². The first-order valence-corrected chi connectivity index (χ1v) is 10.8. The molecule has 3 rings (SSSR count). The maximum atomic E-state index is 11.8. The summed E-state index contributed by atoms with van der Waals surface area (Å²) in [5.41, 5.74) is 4.03. The van der Waals surface area contributed by atoms with Crippen LogP contribution in [0.5, 0.6) is 0 Å². The molecule has 1 aliphatic heterocycles. The molecule has 0 saturated carbocycles. The minimum atomic E-state index is -0.664. The molecule has 1 aromatic carbocycles. The summed E-state index contributed by atoms with van der Waals surface area (Å²) in [6.07, 6.45) is 5.96. The lowest BCUT2D eigenvalue weighted by molar-refractivity contribution is -0.137. The first kappa shape index (κ1) is 23.0. The van der Waals surface area contributed by atoms with E-state index < -0.39 is 11.8 Å². The van der Waals surface area contributed by atoms with Crippen molar-refractivity contribution in [2.24, 2.45) is 0 Å². The van der Waals surface area contributed by atoms with Crippen LogP contribution >= 0.6 is 0 Å². The van der Waals surface area contributed by atoms with Crippen LogP contribution in [0, 0.1) is 0 Å². The normalized spacial score (nSPS) is 14.7. The second kappa shape index (κ2) is 11.1. The highest BCUT2D eigenvalue weighted by Crippen LogP contribution is 2.22. The molecule has 166 valence electrons. The monoisotopic (exact) mass is 424 g/mol. The summed E-state index contributed by atoms with van der Waals surface area (Å²) in [4.78, 5) is 21.7. The third-order valence-electron chi connectivity index (χ3n) is 4.79. The summed E-state index contributed by atoms with van der Waals surface area (Å²) in [5.74, 6) is 0. The van der Waals surface area contributed by atoms with E-state index in [9.17, 15) is 4.79 Å². The molecule has 0 N–H and O–H groups in total. The highest BCUT2D eigenvalue weighted by atomic mass is 16.8. The van der Waals surface area contributed by atoms with Gasteiger partial charge in [0, 0.05) is 25.0 Å². The number of ether oxygens (including phenoxy) is 2. The Morgan fingerprint density at radius 2 is 1.94 bits per heavy atom. The Morgan fingerprint density at radius 1 is 1.13 bits per heavy atom. The van der Waals surface area contributed by atoms with Gasteiger partial charge >= 0.3 is 6.16 Å². The summed E-state index contributed by atoms with van der Waals surface area (Å²) >= 11 is 0. The van der Waals surface area contributed by atoms with Gasteiger partial charge in [-0.3, -0.25) is 4.98 Å². The van der Waals surface area contributed by atoms with Crippen LogP contribution in [-0.2, 0) is 27.3 Å². The molecule has 1 aliphatic rings. The van der Waals surface area contributed by atoms with Crippen LogP contribution in [0.3, 0.4) is 0 Å². The number of aromatic nitrogens is 1. The van der Waals surface area contributed by atoms with Gasteiger partial charge in [-0.2, -0.15) is 0 Å². The van der Waals surface area contributed by atoms with E-state index in [1.165, 1.54) is 11.1 Å². The summed E-state index contributed by atoms with van der Waals surface area (Å²) in [6, 6.07) is 14.4. The standard InChI is InChI=1S/C25H32N2O4/c1-25(2,3)30-24(28)31-27-15-13-21(14-16-27)22-11-12-23(26-18-22)10-7-17-29-19-20-8-5-4-6-9-20/h4-6,8-9,11-13,18H,7,10,14-17,19H2,1-3H3. The molecular formula is C25H32N2O4. The van der Waals surface area contributed by atoms with Crippen LogP contribution in [0.15, 0.2) is 54.7 Å². The quantitative estimate of drug-likeness (QED) is 0.429. The number of hydrogen-bond donors (Lipinski definition) is 0. The van der Waals surface area contributed by atoms with Crippen molar-refractivity contribution < 1.29 is 19.1 Å². The lowest BCUT2D eigenvalue weighted by Gasteiger charge is -2.26. The Balaban J connectivity index is 1.39. The molecule has 6 nitrogen and oxygen atoms in total. The van der Waals surface area contributed by atoms with Crippen LogP contribution in [0.2, 0.25) is 0 Å². The van der Waals surface area contributed by atoms with Gasteiger partial charge in [-0.15, -0.1) is 5.06 Å². The third-order valence-corrected chi connectivity index (χ3v) is 4.79. The van der Waals surface area contributed by atoms with E-state index in [0.717, 1.165) is 37.1 Å². The minimum Gasteiger partial charge on any atom is -0.427 e. The second-order valence-corrected chi connectivity index (χ2v) is 8.60. The zero-order valence-electron chi connectivity index (χ0n) is 18.7. The van der Waals surface area contributed by atoms with Crippen molar-refractivity contribution in [2.45, 2.75) is 52.2 Å². The van der Waals surface area contributed by atoms with Crippen molar-refractivity contribution in [3.05, 3.63) is 71.6 Å². The molecule has 0 saturated heterocycles. The Labute approximate surface area is 184 Å². The van der Waals surface area contributed by atoms with Gasteiger partial charge in [-0.1, -0.05) is 42.5 Å². The summed E-state index contributed by atoms with van der Waals surface area (Å²) < 4.78 is 10.9. The van der Waals surface area contributed by atoms with Gasteiger partial charge in [0.25, 0.3) is 0 Å². The molecule has 0 fully saturated rings. The maximum Gasteiger partial charge on any atom is 0.528 e. The molecule has 0 bridgehead atoms. The van der Waals surface area contributed by atoms with Crippen LogP contribution < -0.4 is 0 Å². The molecule has 31 heavy (non-hydrogen) atoms. The zero-order valence-corrected chi connectivity index (χ0v) is 18.7. The molecule has 6 heteroatoms. The van der Waals surface area contributed by atoms with Crippen LogP contribution in [0.1, 0.15) is 50.4 Å². The highest BCUT2D eigenvalue weighted by molar-refractivity contribution is 5.66. The van der Waals surface area contributed by atoms with Gasteiger partial charge in [0.05, 0.1) is 13.2 Å². The Morgan fingerprint density at radius 3 is 2.58 bits per heavy atom. The van der Waals surface area contributed by atoms with E-state index >= 15 is 0 Å². The fourth-order valence-electron chi connectivity index (χ4n) is 3.25. The predicted octanol–water partition coefficient (Wildman–Crippen LogP) is 5.19. The largest absolute Gasteiger partial charge is 0.528 e. The number of carbonyl (C=O) groups is 1. The average Bonchev–Trinajstić information content (AvgIpc) is 2.74. The molecule has 0 unspecified atom stereocenters. The van der Waals surface area contributed by atoms with E-state index in [4.69, 9.17) is 14.3 Å². The lowest BCUT2D eigenvalue weighted by Crippen LogP contribution is -2.34. The van der Waals surface area contributed by atoms with Crippen LogP contribution in [0.4, 0.5) is 4.79 Å². The Kier molecular flexibility index (Phi) is 8.20. The molecule has 0 spiro atoms. The van der Waals surface area contributed by atoms with Crippen molar-refractivity contribution in [3.8, 4) is 0 Å². The first-order chi connectivity index (χ1) is 14.9. The summed E-state index contributed by atoms with van der Waals surface area (Å²) in [6.45, 7) is 7.98. The Hall–Kier alpha value is -2.70. The second-order valence-electron chi connectivity index (χ2n) is 8.60. The molecule has 0 atom stereocenters. The Bertz CT molecular complexity index is 857. The van der Waals surface area contributed by atoms with Gasteiger partial charge in [-0.25, -0.2) is 4.79 Å². The molecule has 0 amide bonds. The number of hydrogen-bond acceptors (Lipinski definition) is 6.